The Bertz CT molecular complexity index is 1930. The van der Waals surface area contributed by atoms with Crippen molar-refractivity contribution in [3.63, 3.8) is 0 Å². The molecule has 1 saturated carbocycles. The largest absolute Gasteiger partial charge is 0.454 e. The van der Waals surface area contributed by atoms with E-state index in [0.29, 0.717) is 43.5 Å². The number of allylic oxidation sites excluding steroid dienone is 2. The van der Waals surface area contributed by atoms with Gasteiger partial charge >= 0.3 is 5.97 Å². The fourth-order valence-electron chi connectivity index (χ4n) is 6.66. The van der Waals surface area contributed by atoms with Crippen molar-refractivity contribution in [2.75, 3.05) is 11.5 Å². The second kappa shape index (κ2) is 10.8. The molecule has 0 spiro atoms. The average Bonchev–Trinajstić information content (AvgIpc) is 3.70. The Labute approximate surface area is 267 Å². The zero-order chi connectivity index (χ0) is 30.9. The molecular formula is C34H23Cl3N2O5. The van der Waals surface area contributed by atoms with Gasteiger partial charge in [-0.05, 0) is 73.2 Å². The van der Waals surface area contributed by atoms with E-state index in [1.165, 1.54) is 23.1 Å². The van der Waals surface area contributed by atoms with Gasteiger partial charge in [-0.15, -0.1) is 0 Å². The van der Waals surface area contributed by atoms with Gasteiger partial charge in [0.2, 0.25) is 17.6 Å². The van der Waals surface area contributed by atoms with Crippen molar-refractivity contribution >= 4 is 75.0 Å². The molecule has 3 aromatic carbocycles. The standard InChI is InChI=1S/C34H23Cl3N2O5/c1-16-25(36)11-10-22-24(34(43)44-15-28(40)23-9-6-20(35)13-26(23)37)14-27(38-31(16)22)17-4-7-21(8-5-17)39-32(41)29-18-2-3-19(12-18)30(29)33(39)42/h2-11,13-14,18-19,29-30H,12,15H2,1H3. The van der Waals surface area contributed by atoms with Crippen LogP contribution >= 0.6 is 34.8 Å². The third-order valence-electron chi connectivity index (χ3n) is 8.85. The fourth-order valence-corrected chi connectivity index (χ4v) is 7.33. The number of fused-ring (bicyclic) bond motifs is 6. The van der Waals surface area contributed by atoms with Crippen LogP contribution in [0.5, 0.6) is 0 Å². The van der Waals surface area contributed by atoms with Gasteiger partial charge in [0.05, 0.1) is 39.3 Å². The van der Waals surface area contributed by atoms with E-state index in [-0.39, 0.29) is 51.6 Å². The molecule has 3 aliphatic rings. The highest BCUT2D eigenvalue weighted by molar-refractivity contribution is 6.37. The van der Waals surface area contributed by atoms with Gasteiger partial charge in [0.1, 0.15) is 0 Å². The lowest BCUT2D eigenvalue weighted by Gasteiger charge is -2.18. The van der Waals surface area contributed by atoms with Crippen LogP contribution in [-0.4, -0.2) is 35.2 Å². The molecule has 1 saturated heterocycles. The van der Waals surface area contributed by atoms with Crippen molar-refractivity contribution < 1.29 is 23.9 Å². The number of aromatic nitrogens is 1. The molecule has 2 heterocycles. The van der Waals surface area contributed by atoms with Gasteiger partial charge in [0.15, 0.2) is 6.61 Å². The normalized spacial score (nSPS) is 21.8. The predicted octanol–water partition coefficient (Wildman–Crippen LogP) is 7.52. The molecule has 4 aromatic rings. The number of amides is 2. The highest BCUT2D eigenvalue weighted by Crippen LogP contribution is 2.53. The molecule has 1 aromatic heterocycles. The van der Waals surface area contributed by atoms with Crippen LogP contribution in [-0.2, 0) is 14.3 Å². The maximum absolute atomic E-state index is 13.4. The molecule has 44 heavy (non-hydrogen) atoms. The molecule has 2 aliphatic carbocycles. The Morgan fingerprint density at radius 2 is 1.55 bits per heavy atom. The predicted molar refractivity (Wildman–Crippen MR) is 168 cm³/mol. The minimum atomic E-state index is -0.724. The van der Waals surface area contributed by atoms with Gasteiger partial charge in [0, 0.05) is 26.6 Å². The lowest BCUT2D eigenvalue weighted by molar-refractivity contribution is -0.123. The number of rotatable bonds is 6. The zero-order valence-corrected chi connectivity index (χ0v) is 25.5. The van der Waals surface area contributed by atoms with Gasteiger partial charge in [-0.2, -0.15) is 0 Å². The molecular weight excluding hydrogens is 623 g/mol. The first-order valence-corrected chi connectivity index (χ1v) is 15.2. The van der Waals surface area contributed by atoms with Gasteiger partial charge in [-0.3, -0.25) is 19.3 Å². The summed E-state index contributed by atoms with van der Waals surface area (Å²) in [6, 6.07) is 16.3. The van der Waals surface area contributed by atoms with E-state index in [2.05, 4.69) is 12.2 Å². The van der Waals surface area contributed by atoms with Crippen LogP contribution in [0.3, 0.4) is 0 Å². The monoisotopic (exact) mass is 644 g/mol. The second-order valence-corrected chi connectivity index (χ2v) is 12.6. The summed E-state index contributed by atoms with van der Waals surface area (Å²) in [6.45, 7) is 1.27. The smallest absolute Gasteiger partial charge is 0.339 e. The lowest BCUT2D eigenvalue weighted by atomic mass is 9.85. The molecule has 0 N–H and O–H groups in total. The number of anilines is 1. The molecule has 2 fully saturated rings. The van der Waals surface area contributed by atoms with Crippen molar-refractivity contribution in [1.82, 2.24) is 4.98 Å². The number of hydrogen-bond donors (Lipinski definition) is 0. The average molecular weight is 646 g/mol. The minimum absolute atomic E-state index is 0.124. The highest BCUT2D eigenvalue weighted by Gasteiger charge is 2.59. The first-order chi connectivity index (χ1) is 21.1. The lowest BCUT2D eigenvalue weighted by Crippen LogP contribution is -2.32. The number of ether oxygens (including phenoxy) is 1. The molecule has 2 amide bonds. The maximum atomic E-state index is 13.4. The number of nitrogens with zero attached hydrogens (tertiary/aromatic N) is 2. The summed E-state index contributed by atoms with van der Waals surface area (Å²) in [5, 5.41) is 1.53. The molecule has 7 nitrogen and oxygen atoms in total. The van der Waals surface area contributed by atoms with Crippen molar-refractivity contribution in [1.29, 1.82) is 0 Å². The SMILES string of the molecule is Cc1c(Cl)ccc2c(C(=O)OCC(=O)c3ccc(Cl)cc3Cl)cc(-c3ccc(N4C(=O)C5C6C=CC(C6)C5C4=O)cc3)nc12. The summed E-state index contributed by atoms with van der Waals surface area (Å²) < 4.78 is 5.44. The summed E-state index contributed by atoms with van der Waals surface area (Å²) >= 11 is 18.5. The van der Waals surface area contributed by atoms with Crippen LogP contribution < -0.4 is 4.90 Å². The van der Waals surface area contributed by atoms with E-state index in [0.717, 1.165) is 6.42 Å². The van der Waals surface area contributed by atoms with Crippen LogP contribution in [0.2, 0.25) is 15.1 Å². The first-order valence-electron chi connectivity index (χ1n) is 14.0. The number of carbonyl (C=O) groups is 4. The number of halogens is 3. The quantitative estimate of drug-likeness (QED) is 0.0932. The highest BCUT2D eigenvalue weighted by atomic mass is 35.5. The van der Waals surface area contributed by atoms with Crippen LogP contribution in [0, 0.1) is 30.6 Å². The Morgan fingerprint density at radius 1 is 0.864 bits per heavy atom. The number of Topliss-reactive ketones (excluding diaryl/α,β-unsaturated/α-hetero) is 1. The summed E-state index contributed by atoms with van der Waals surface area (Å²) in [5.41, 5.74) is 3.15. The van der Waals surface area contributed by atoms with Gasteiger partial charge in [0.25, 0.3) is 0 Å². The Balaban J connectivity index is 1.19. The second-order valence-electron chi connectivity index (χ2n) is 11.3. The van der Waals surface area contributed by atoms with Gasteiger partial charge < -0.3 is 4.74 Å². The van der Waals surface area contributed by atoms with E-state index in [1.807, 2.05) is 0 Å². The molecule has 4 atom stereocenters. The van der Waals surface area contributed by atoms with Crippen molar-refractivity contribution in [3.8, 4) is 11.3 Å². The Morgan fingerprint density at radius 3 is 2.20 bits per heavy atom. The minimum Gasteiger partial charge on any atom is -0.454 e. The van der Waals surface area contributed by atoms with E-state index in [9.17, 15) is 19.2 Å². The number of benzene rings is 3. The summed E-state index contributed by atoms with van der Waals surface area (Å²) in [6.07, 6.45) is 4.99. The van der Waals surface area contributed by atoms with Crippen LogP contribution in [0.1, 0.15) is 32.7 Å². The Hall–Kier alpha value is -4.04. The number of carbonyl (C=O) groups excluding carboxylic acids is 4. The summed E-state index contributed by atoms with van der Waals surface area (Å²) in [7, 11) is 0. The number of esters is 1. The maximum Gasteiger partial charge on any atom is 0.339 e. The number of pyridine rings is 1. The third kappa shape index (κ3) is 4.62. The molecule has 0 radical (unpaired) electrons. The number of ketones is 1. The van der Waals surface area contributed by atoms with E-state index < -0.39 is 18.4 Å². The van der Waals surface area contributed by atoms with E-state index in [1.54, 1.807) is 49.4 Å². The third-order valence-corrected chi connectivity index (χ3v) is 9.80. The molecule has 2 bridgehead atoms. The number of hydrogen-bond acceptors (Lipinski definition) is 6. The molecule has 1 aliphatic heterocycles. The van der Waals surface area contributed by atoms with Crippen LogP contribution in [0.25, 0.3) is 22.2 Å². The van der Waals surface area contributed by atoms with Crippen molar-refractivity contribution in [3.05, 3.63) is 105 Å². The molecule has 7 rings (SSSR count). The number of aryl methyl sites for hydroxylation is 1. The topological polar surface area (TPSA) is 93.6 Å². The first kappa shape index (κ1) is 28.7. The molecule has 220 valence electrons. The van der Waals surface area contributed by atoms with E-state index in [4.69, 9.17) is 44.5 Å². The summed E-state index contributed by atoms with van der Waals surface area (Å²) in [5.74, 6) is -1.84. The zero-order valence-electron chi connectivity index (χ0n) is 23.2. The van der Waals surface area contributed by atoms with Gasteiger partial charge in [-0.25, -0.2) is 9.78 Å². The Kier molecular flexibility index (Phi) is 7.08. The van der Waals surface area contributed by atoms with Crippen LogP contribution in [0.4, 0.5) is 5.69 Å². The molecule has 10 heteroatoms. The van der Waals surface area contributed by atoms with E-state index >= 15 is 0 Å². The molecule has 4 unspecified atom stereocenters. The number of imide groups is 1. The van der Waals surface area contributed by atoms with Crippen LogP contribution in [0.15, 0.2) is 72.8 Å². The van der Waals surface area contributed by atoms with Crippen molar-refractivity contribution in [2.24, 2.45) is 23.7 Å². The fraction of sp³-hybridized carbons (Fsp3) is 0.206. The van der Waals surface area contributed by atoms with Gasteiger partial charge in [-0.1, -0.05) is 65.2 Å². The van der Waals surface area contributed by atoms with Crippen molar-refractivity contribution in [2.45, 2.75) is 13.3 Å². The summed E-state index contributed by atoms with van der Waals surface area (Å²) in [4.78, 5) is 58.8.